The molecule has 6 atom stereocenters. The van der Waals surface area contributed by atoms with E-state index < -0.39 is 48.1 Å². The zero-order valence-electron chi connectivity index (χ0n) is 25.1. The van der Waals surface area contributed by atoms with Crippen molar-refractivity contribution in [2.45, 2.75) is 83.8 Å². The van der Waals surface area contributed by atoms with Crippen molar-refractivity contribution in [1.82, 2.24) is 10.6 Å². The summed E-state index contributed by atoms with van der Waals surface area (Å²) in [5.41, 5.74) is 6.69. The first-order valence-electron chi connectivity index (χ1n) is 14.2. The molecule has 5 N–H and O–H groups in total. The molecule has 0 aromatic heterocycles. The molecule has 1 heterocycles. The summed E-state index contributed by atoms with van der Waals surface area (Å²) in [4.78, 5) is 51.5. The van der Waals surface area contributed by atoms with Crippen molar-refractivity contribution in [3.63, 3.8) is 0 Å². The molecule has 0 radical (unpaired) electrons. The van der Waals surface area contributed by atoms with Crippen LogP contribution in [0.4, 0.5) is 4.79 Å². The molecule has 1 fully saturated rings. The maximum atomic E-state index is 13.6. The number of rotatable bonds is 5. The summed E-state index contributed by atoms with van der Waals surface area (Å²) in [5, 5.41) is 17.0. The van der Waals surface area contributed by atoms with E-state index in [1.807, 2.05) is 13.8 Å². The van der Waals surface area contributed by atoms with Gasteiger partial charge < -0.3 is 35.7 Å². The van der Waals surface area contributed by atoms with Crippen molar-refractivity contribution >= 4 is 23.6 Å². The number of methoxy groups -OCH3 is 2. The summed E-state index contributed by atoms with van der Waals surface area (Å²) in [7, 11) is 2.94. The van der Waals surface area contributed by atoms with Crippen LogP contribution >= 0.6 is 0 Å². The fourth-order valence-electron chi connectivity index (χ4n) is 5.17. The van der Waals surface area contributed by atoms with Crippen molar-refractivity contribution in [2.75, 3.05) is 14.2 Å². The fourth-order valence-corrected chi connectivity index (χ4v) is 5.17. The molecule has 0 spiro atoms. The predicted octanol–water partition coefficient (Wildman–Crippen LogP) is 2.51. The summed E-state index contributed by atoms with van der Waals surface area (Å²) in [6.07, 6.45) is 5.85. The van der Waals surface area contributed by atoms with Crippen LogP contribution in [0.3, 0.4) is 0 Å². The van der Waals surface area contributed by atoms with Gasteiger partial charge in [0.25, 0.3) is 5.91 Å². The van der Waals surface area contributed by atoms with Gasteiger partial charge in [-0.2, -0.15) is 0 Å². The van der Waals surface area contributed by atoms with E-state index in [1.54, 1.807) is 32.1 Å². The number of hydrogen-bond donors (Lipinski definition) is 4. The second kappa shape index (κ2) is 14.6. The van der Waals surface area contributed by atoms with Crippen molar-refractivity contribution in [2.24, 2.45) is 17.6 Å². The van der Waals surface area contributed by atoms with Gasteiger partial charge in [-0.1, -0.05) is 38.2 Å². The van der Waals surface area contributed by atoms with Gasteiger partial charge in [-0.3, -0.25) is 14.4 Å². The first-order valence-corrected chi connectivity index (χ1v) is 14.2. The van der Waals surface area contributed by atoms with Crippen molar-refractivity contribution < 1.29 is 38.5 Å². The number of aliphatic hydroxyl groups excluding tert-OH is 1. The second-order valence-electron chi connectivity index (χ2n) is 11.3. The third kappa shape index (κ3) is 8.50. The molecule has 3 aliphatic rings. The molecule has 11 heteroatoms. The van der Waals surface area contributed by atoms with Crippen LogP contribution in [0, 0.1) is 11.8 Å². The molecule has 0 saturated heterocycles. The molecule has 2 aliphatic carbocycles. The van der Waals surface area contributed by atoms with Gasteiger partial charge >= 0.3 is 6.09 Å². The standard InChI is InChI=1S/C31H43N3O8/c1-16-12-21-26(33-20-10-11-20)23(35)15-22(28(21)37)34-30(38)17(2)8-7-9-24(40-5)29(42-31(32)39)19(4)14-18(3)27(36)25(13-16)41-6/h7-9,14-16,18,20,24-25,27,29,33,36H,10-13H2,1-6H3,(H2,32,39)(H,34,38)/b9-7-,17-8+,19-14+/t16-,18+,24+,25+,27-,29+/m1/s1. The maximum absolute atomic E-state index is 13.6. The third-order valence-electron chi connectivity index (χ3n) is 7.72. The zero-order valence-corrected chi connectivity index (χ0v) is 25.1. The number of Topliss-reactive ketones (excluding diaryl/α,β-unsaturated/α-hetero) is 1. The number of nitrogens with one attached hydrogen (secondary N) is 2. The van der Waals surface area contributed by atoms with Gasteiger partial charge in [0.15, 0.2) is 6.10 Å². The molecular weight excluding hydrogens is 542 g/mol. The highest BCUT2D eigenvalue weighted by atomic mass is 16.6. The van der Waals surface area contributed by atoms with E-state index in [4.69, 9.17) is 19.9 Å². The lowest BCUT2D eigenvalue weighted by Crippen LogP contribution is -2.38. The SMILES string of the molecule is CO[C@H]1/C=C\C=C(/C)C(=O)NC2=CC(=O)C(NC3CC3)=C(C[C@@H](C)C[C@H](OC)[C@H](O)[C@@H](C)/C=C(\C)[C@@H]1OC(N)=O)C2=O. The Morgan fingerprint density at radius 3 is 2.40 bits per heavy atom. The maximum Gasteiger partial charge on any atom is 0.405 e. The van der Waals surface area contributed by atoms with Crippen LogP contribution in [0.1, 0.15) is 53.4 Å². The Bertz CT molecular complexity index is 1230. The average Bonchev–Trinajstić information content (AvgIpc) is 3.76. The fraction of sp³-hybridized carbons (Fsp3) is 0.548. The van der Waals surface area contributed by atoms with Crippen molar-refractivity contribution in [3.8, 4) is 0 Å². The monoisotopic (exact) mass is 585 g/mol. The van der Waals surface area contributed by atoms with Crippen molar-refractivity contribution in [3.05, 3.63) is 58.5 Å². The third-order valence-corrected chi connectivity index (χ3v) is 7.72. The summed E-state index contributed by atoms with van der Waals surface area (Å²) >= 11 is 0. The molecule has 3 rings (SSSR count). The first-order chi connectivity index (χ1) is 19.9. The summed E-state index contributed by atoms with van der Waals surface area (Å²) < 4.78 is 16.6. The molecule has 230 valence electrons. The lowest BCUT2D eigenvalue weighted by atomic mass is 9.85. The van der Waals surface area contributed by atoms with Gasteiger partial charge in [0.2, 0.25) is 11.6 Å². The number of amides is 2. The number of aliphatic hydroxyl groups is 1. The highest BCUT2D eigenvalue weighted by Crippen LogP contribution is 2.30. The second-order valence-corrected chi connectivity index (χ2v) is 11.3. The number of ether oxygens (including phenoxy) is 3. The molecule has 0 unspecified atom stereocenters. The lowest BCUT2D eigenvalue weighted by Gasteiger charge is -2.30. The molecule has 2 amide bonds. The topological polar surface area (TPSA) is 166 Å². The van der Waals surface area contributed by atoms with Crippen LogP contribution < -0.4 is 16.4 Å². The van der Waals surface area contributed by atoms with Crippen LogP contribution in [0.15, 0.2) is 58.5 Å². The summed E-state index contributed by atoms with van der Waals surface area (Å²) in [6, 6.07) is 0.140. The Kier molecular flexibility index (Phi) is 11.4. The number of carbonyl (C=O) groups excluding carboxylic acids is 4. The minimum absolute atomic E-state index is 0.0929. The van der Waals surface area contributed by atoms with Gasteiger partial charge in [0.05, 0.1) is 23.6 Å². The Morgan fingerprint density at radius 1 is 1.12 bits per heavy atom. The van der Waals surface area contributed by atoms with Gasteiger partial charge in [-0.15, -0.1) is 0 Å². The normalized spacial score (nSPS) is 33.5. The highest BCUT2D eigenvalue weighted by Gasteiger charge is 2.35. The Labute approximate surface area is 246 Å². The van der Waals surface area contributed by atoms with Crippen LogP contribution in [-0.4, -0.2) is 73.4 Å². The largest absolute Gasteiger partial charge is 0.439 e. The number of carbonyl (C=O) groups is 4. The Morgan fingerprint density at radius 2 is 1.81 bits per heavy atom. The van der Waals surface area contributed by atoms with Crippen LogP contribution in [0.2, 0.25) is 0 Å². The molecular formula is C31H43N3O8. The predicted molar refractivity (Wildman–Crippen MR) is 156 cm³/mol. The number of allylic oxidation sites excluding steroid dienone is 4. The van der Waals surface area contributed by atoms with Crippen LogP contribution in [-0.2, 0) is 28.6 Å². The lowest BCUT2D eigenvalue weighted by molar-refractivity contribution is -0.120. The van der Waals surface area contributed by atoms with E-state index in [0.717, 1.165) is 18.9 Å². The minimum atomic E-state index is -0.993. The molecule has 42 heavy (non-hydrogen) atoms. The highest BCUT2D eigenvalue weighted by molar-refractivity contribution is 6.23. The quantitative estimate of drug-likeness (QED) is 0.280. The number of ketones is 2. The van der Waals surface area contributed by atoms with Crippen molar-refractivity contribution in [1.29, 1.82) is 0 Å². The smallest absolute Gasteiger partial charge is 0.405 e. The summed E-state index contributed by atoms with van der Waals surface area (Å²) in [5.74, 6) is -1.94. The minimum Gasteiger partial charge on any atom is -0.439 e. The molecule has 11 nitrogen and oxygen atoms in total. The van der Waals surface area contributed by atoms with Crippen LogP contribution in [0.5, 0.6) is 0 Å². The molecule has 1 aliphatic heterocycles. The van der Waals surface area contributed by atoms with Crippen LogP contribution in [0.25, 0.3) is 0 Å². The van der Waals surface area contributed by atoms with Gasteiger partial charge in [-0.05, 0) is 51.0 Å². The number of fused-ring (bicyclic) bond motifs is 2. The van der Waals surface area contributed by atoms with E-state index in [9.17, 15) is 24.3 Å². The van der Waals surface area contributed by atoms with E-state index in [-0.39, 0.29) is 41.1 Å². The zero-order chi connectivity index (χ0) is 31.1. The van der Waals surface area contributed by atoms with Gasteiger partial charge in [0.1, 0.15) is 6.10 Å². The first kappa shape index (κ1) is 33.0. The van der Waals surface area contributed by atoms with E-state index in [2.05, 4.69) is 10.6 Å². The number of primary amides is 1. The molecule has 0 aromatic rings. The molecule has 2 bridgehead atoms. The average molecular weight is 586 g/mol. The number of hydrogen-bond acceptors (Lipinski definition) is 9. The Balaban J connectivity index is 2.05. The number of nitrogens with two attached hydrogens (primary N) is 1. The Hall–Kier alpha value is -3.54. The van der Waals surface area contributed by atoms with Gasteiger partial charge in [-0.25, -0.2) is 4.79 Å². The molecule has 0 aromatic carbocycles. The summed E-state index contributed by atoms with van der Waals surface area (Å²) in [6.45, 7) is 7.04. The van der Waals surface area contributed by atoms with Gasteiger partial charge in [0, 0.05) is 43.4 Å². The van der Waals surface area contributed by atoms with E-state index in [1.165, 1.54) is 20.3 Å². The van der Waals surface area contributed by atoms with E-state index >= 15 is 0 Å². The molecule has 1 saturated carbocycles. The van der Waals surface area contributed by atoms with E-state index in [0.29, 0.717) is 17.6 Å².